The molecule has 0 fully saturated rings. The number of carbonyl (C=O) groups excluding carboxylic acids is 4. The summed E-state index contributed by atoms with van der Waals surface area (Å²) in [5, 5.41) is 26.9. The van der Waals surface area contributed by atoms with E-state index in [1.807, 2.05) is 13.8 Å². The van der Waals surface area contributed by atoms with Crippen molar-refractivity contribution >= 4 is 35.9 Å². The monoisotopic (exact) mass is 526 g/mol. The SMILES string of the molecule is CCCC(CCC)C(=O)N[C@@H](CCC(=O)O)C(=O)NCCCC(C)C(=O)N[C@H](C=O)CCCNC(=N)N. The summed E-state index contributed by atoms with van der Waals surface area (Å²) in [6.07, 6.45) is 5.42. The molecule has 3 atom stereocenters. The number of rotatable bonds is 21. The van der Waals surface area contributed by atoms with Crippen molar-refractivity contribution in [1.29, 1.82) is 5.41 Å². The number of hydrogen-bond acceptors (Lipinski definition) is 6. The van der Waals surface area contributed by atoms with Crippen molar-refractivity contribution in [3.05, 3.63) is 0 Å². The Bertz CT molecular complexity index is 741. The molecule has 0 aliphatic carbocycles. The van der Waals surface area contributed by atoms with Crippen molar-refractivity contribution in [3.63, 3.8) is 0 Å². The fourth-order valence-electron chi connectivity index (χ4n) is 3.85. The number of guanidine groups is 1. The van der Waals surface area contributed by atoms with E-state index < -0.39 is 24.0 Å². The summed E-state index contributed by atoms with van der Waals surface area (Å²) >= 11 is 0. The Labute approximate surface area is 219 Å². The van der Waals surface area contributed by atoms with Crippen LogP contribution in [0.2, 0.25) is 0 Å². The number of nitrogens with two attached hydrogens (primary N) is 1. The number of carboxylic acids is 1. The third kappa shape index (κ3) is 16.2. The highest BCUT2D eigenvalue weighted by Gasteiger charge is 2.25. The molecule has 0 saturated heterocycles. The number of nitrogens with one attached hydrogen (secondary N) is 5. The van der Waals surface area contributed by atoms with E-state index in [1.165, 1.54) is 0 Å². The average Bonchev–Trinajstić information content (AvgIpc) is 2.85. The zero-order valence-corrected chi connectivity index (χ0v) is 22.4. The topological polar surface area (TPSA) is 204 Å². The summed E-state index contributed by atoms with van der Waals surface area (Å²) < 4.78 is 0. The lowest BCUT2D eigenvalue weighted by atomic mass is 9.96. The molecule has 37 heavy (non-hydrogen) atoms. The van der Waals surface area contributed by atoms with Gasteiger partial charge in [-0.05, 0) is 44.9 Å². The Balaban J connectivity index is 4.66. The molecule has 0 heterocycles. The maximum absolute atomic E-state index is 12.7. The first-order valence-corrected chi connectivity index (χ1v) is 13.2. The summed E-state index contributed by atoms with van der Waals surface area (Å²) in [6.45, 7) is 6.39. The molecule has 8 N–H and O–H groups in total. The molecule has 0 aliphatic rings. The first-order valence-electron chi connectivity index (χ1n) is 13.2. The minimum absolute atomic E-state index is 0.00823. The van der Waals surface area contributed by atoms with E-state index in [4.69, 9.17) is 16.2 Å². The van der Waals surface area contributed by atoms with Crippen molar-refractivity contribution in [2.45, 2.75) is 97.1 Å². The largest absolute Gasteiger partial charge is 0.481 e. The summed E-state index contributed by atoms with van der Waals surface area (Å²) in [7, 11) is 0. The number of aliphatic carboxylic acids is 1. The molecule has 0 aromatic rings. The van der Waals surface area contributed by atoms with Crippen LogP contribution in [0.3, 0.4) is 0 Å². The zero-order chi connectivity index (χ0) is 28.2. The molecule has 3 amide bonds. The normalized spacial score (nSPS) is 13.2. The summed E-state index contributed by atoms with van der Waals surface area (Å²) in [4.78, 5) is 60.1. The lowest BCUT2D eigenvalue weighted by Crippen LogP contribution is -2.49. The van der Waals surface area contributed by atoms with Gasteiger partial charge in [-0.25, -0.2) is 0 Å². The van der Waals surface area contributed by atoms with Gasteiger partial charge in [0.25, 0.3) is 0 Å². The van der Waals surface area contributed by atoms with Gasteiger partial charge in [0.05, 0.1) is 6.04 Å². The zero-order valence-electron chi connectivity index (χ0n) is 22.4. The maximum Gasteiger partial charge on any atom is 0.303 e. The van der Waals surface area contributed by atoms with E-state index in [9.17, 15) is 24.0 Å². The van der Waals surface area contributed by atoms with Gasteiger partial charge in [0, 0.05) is 31.3 Å². The fraction of sp³-hybridized carbons (Fsp3) is 0.760. The second kappa shape index (κ2) is 19.9. The van der Waals surface area contributed by atoms with Crippen LogP contribution in [0.4, 0.5) is 0 Å². The summed E-state index contributed by atoms with van der Waals surface area (Å²) in [5.41, 5.74) is 5.20. The number of amides is 3. The molecule has 0 aromatic heterocycles. The Hall–Kier alpha value is -3.18. The molecule has 0 aliphatic heterocycles. The number of aldehydes is 1. The van der Waals surface area contributed by atoms with Crippen molar-refractivity contribution < 1.29 is 29.1 Å². The predicted octanol–water partition coefficient (Wildman–Crippen LogP) is 1.03. The molecule has 0 aromatic carbocycles. The van der Waals surface area contributed by atoms with Crippen LogP contribution < -0.4 is 27.0 Å². The van der Waals surface area contributed by atoms with Crippen LogP contribution in [0, 0.1) is 17.2 Å². The summed E-state index contributed by atoms with van der Waals surface area (Å²) in [6, 6.07) is -1.57. The molecule has 0 radical (unpaired) electrons. The van der Waals surface area contributed by atoms with Gasteiger partial charge in [0.1, 0.15) is 12.3 Å². The number of hydrogen-bond donors (Lipinski definition) is 7. The lowest BCUT2D eigenvalue weighted by molar-refractivity contribution is -0.138. The third-order valence-electron chi connectivity index (χ3n) is 5.98. The van der Waals surface area contributed by atoms with Gasteiger partial charge in [-0.1, -0.05) is 33.6 Å². The van der Waals surface area contributed by atoms with E-state index in [2.05, 4.69) is 21.3 Å². The molecule has 12 heteroatoms. The summed E-state index contributed by atoms with van der Waals surface area (Å²) in [5.74, 6) is -2.75. The number of carbonyl (C=O) groups is 5. The lowest BCUT2D eigenvalue weighted by Gasteiger charge is -2.22. The molecule has 212 valence electrons. The van der Waals surface area contributed by atoms with Gasteiger partial charge >= 0.3 is 5.97 Å². The van der Waals surface area contributed by atoms with E-state index in [0.29, 0.717) is 51.4 Å². The Morgan fingerprint density at radius 3 is 2.00 bits per heavy atom. The van der Waals surface area contributed by atoms with Crippen LogP contribution in [-0.4, -0.2) is 66.2 Å². The molecule has 0 rings (SSSR count). The van der Waals surface area contributed by atoms with Crippen molar-refractivity contribution in [1.82, 2.24) is 21.3 Å². The van der Waals surface area contributed by atoms with Gasteiger partial charge in [0.2, 0.25) is 17.7 Å². The van der Waals surface area contributed by atoms with Crippen LogP contribution in [0.15, 0.2) is 0 Å². The van der Waals surface area contributed by atoms with Crippen molar-refractivity contribution in [2.24, 2.45) is 17.6 Å². The second-order valence-electron chi connectivity index (χ2n) is 9.34. The molecule has 0 spiro atoms. The van der Waals surface area contributed by atoms with E-state index in [1.54, 1.807) is 6.92 Å². The van der Waals surface area contributed by atoms with E-state index in [0.717, 1.165) is 12.8 Å². The van der Waals surface area contributed by atoms with Crippen LogP contribution in [0.1, 0.15) is 85.0 Å². The van der Waals surface area contributed by atoms with Gasteiger partial charge in [-0.2, -0.15) is 0 Å². The van der Waals surface area contributed by atoms with Crippen molar-refractivity contribution in [2.75, 3.05) is 13.1 Å². The molecule has 0 saturated carbocycles. The first kappa shape index (κ1) is 33.8. The minimum atomic E-state index is -1.05. The van der Waals surface area contributed by atoms with Gasteiger partial charge in [-0.3, -0.25) is 24.6 Å². The van der Waals surface area contributed by atoms with Gasteiger partial charge in [0.15, 0.2) is 5.96 Å². The standard InChI is InChI=1S/C25H46N6O6/c1-4-8-18(9-5-2)23(36)31-20(12-13-21(33)34)24(37)28-14-6-10-17(3)22(35)30-19(16-32)11-7-15-29-25(26)27/h16-20H,4-15H2,1-3H3,(H,28,37)(H,30,35)(H,31,36)(H,33,34)(H4,26,27,29)/t17?,19-,20-/m0/s1. The number of carboxylic acid groups (broad SMARTS) is 1. The Morgan fingerprint density at radius 2 is 1.46 bits per heavy atom. The van der Waals surface area contributed by atoms with Crippen LogP contribution >= 0.6 is 0 Å². The smallest absolute Gasteiger partial charge is 0.303 e. The third-order valence-corrected chi connectivity index (χ3v) is 5.98. The first-order chi connectivity index (χ1) is 17.5. The maximum atomic E-state index is 12.7. The minimum Gasteiger partial charge on any atom is -0.481 e. The van der Waals surface area contributed by atoms with Gasteiger partial charge in [-0.15, -0.1) is 0 Å². The highest BCUT2D eigenvalue weighted by molar-refractivity contribution is 5.88. The van der Waals surface area contributed by atoms with Crippen molar-refractivity contribution in [3.8, 4) is 0 Å². The quantitative estimate of drug-likeness (QED) is 0.0497. The van der Waals surface area contributed by atoms with Crippen LogP contribution in [0.5, 0.6) is 0 Å². The van der Waals surface area contributed by atoms with E-state index >= 15 is 0 Å². The predicted molar refractivity (Wildman–Crippen MR) is 141 cm³/mol. The molecule has 12 nitrogen and oxygen atoms in total. The average molecular weight is 527 g/mol. The second-order valence-corrected chi connectivity index (χ2v) is 9.34. The molecule has 1 unspecified atom stereocenters. The highest BCUT2D eigenvalue weighted by Crippen LogP contribution is 2.14. The Morgan fingerprint density at radius 1 is 0.865 bits per heavy atom. The van der Waals surface area contributed by atoms with Crippen LogP contribution in [0.25, 0.3) is 0 Å². The molecular weight excluding hydrogens is 480 g/mol. The molecule has 0 bridgehead atoms. The van der Waals surface area contributed by atoms with Crippen LogP contribution in [-0.2, 0) is 24.0 Å². The van der Waals surface area contributed by atoms with E-state index in [-0.39, 0.29) is 49.0 Å². The highest BCUT2D eigenvalue weighted by atomic mass is 16.4. The Kier molecular flexibility index (Phi) is 18.2. The molecular formula is C25H46N6O6. The fourth-order valence-corrected chi connectivity index (χ4v) is 3.85. The van der Waals surface area contributed by atoms with Gasteiger partial charge < -0.3 is 36.9 Å².